The van der Waals surface area contributed by atoms with Crippen molar-refractivity contribution in [3.8, 4) is 11.5 Å². The van der Waals surface area contributed by atoms with Crippen LogP contribution in [0.1, 0.15) is 68.9 Å². The van der Waals surface area contributed by atoms with E-state index in [1.54, 1.807) is 25.1 Å². The number of aryl methyl sites for hydroxylation is 1. The van der Waals surface area contributed by atoms with E-state index in [4.69, 9.17) is 20.5 Å². The fourth-order valence-corrected chi connectivity index (χ4v) is 7.25. The van der Waals surface area contributed by atoms with Crippen LogP contribution in [0.15, 0.2) is 63.8 Å². The number of Topliss-reactive ketones (excluding diaryl/α,β-unsaturated/α-hetero) is 2. The lowest BCUT2D eigenvalue weighted by atomic mass is 9.71. The number of aliphatic carboxylic acids is 1. The van der Waals surface area contributed by atoms with Gasteiger partial charge in [0.05, 0.1) is 18.1 Å². The number of hydrogen-bond donors (Lipinski definition) is 1. The highest BCUT2D eigenvalue weighted by molar-refractivity contribution is 7.87. The van der Waals surface area contributed by atoms with Crippen LogP contribution in [0.4, 0.5) is 0 Å². The van der Waals surface area contributed by atoms with Crippen molar-refractivity contribution in [1.82, 2.24) is 4.90 Å². The van der Waals surface area contributed by atoms with Gasteiger partial charge in [0.1, 0.15) is 4.90 Å². The Morgan fingerprint density at radius 2 is 1.60 bits per heavy atom. The third kappa shape index (κ3) is 5.70. The first-order valence-corrected chi connectivity index (χ1v) is 15.8. The summed E-state index contributed by atoms with van der Waals surface area (Å²) in [6, 6.07) is 9.32. The molecule has 2 aromatic rings. The number of carboxylic acids is 1. The molecular weight excluding hydrogens is 582 g/mol. The first kappa shape index (κ1) is 29.8. The monoisotopic (exact) mass is 613 g/mol. The summed E-state index contributed by atoms with van der Waals surface area (Å²) in [7, 11) is -4.25. The summed E-state index contributed by atoms with van der Waals surface area (Å²) in [6.07, 6.45) is 2.87. The minimum atomic E-state index is -4.25. The molecule has 0 atom stereocenters. The van der Waals surface area contributed by atoms with Crippen molar-refractivity contribution in [2.45, 2.75) is 69.6 Å². The standard InChI is InChI=1S/C31H32ClNO8S/c1-3-40-26-17-19(16-21(32)31(26)41-42(38,39)20-12-10-18(2)11-13-20)28-29-22(6-4-8-24(29)34)33(15-14-27(36)37)23-7-5-9-25(35)30(23)28/h10-13,16-17,28H,3-9,14-15H2,1-2H3,(H,36,37). The van der Waals surface area contributed by atoms with Crippen LogP contribution < -0.4 is 8.92 Å². The molecule has 1 heterocycles. The number of ketones is 2. The summed E-state index contributed by atoms with van der Waals surface area (Å²) in [5.74, 6) is -2.04. The van der Waals surface area contributed by atoms with Gasteiger partial charge in [-0.3, -0.25) is 14.4 Å². The Morgan fingerprint density at radius 1 is 1.00 bits per heavy atom. The molecule has 222 valence electrons. The molecule has 2 aliphatic carbocycles. The van der Waals surface area contributed by atoms with Crippen molar-refractivity contribution in [3.63, 3.8) is 0 Å². The van der Waals surface area contributed by atoms with Crippen molar-refractivity contribution in [3.05, 3.63) is 75.1 Å². The maximum atomic E-state index is 13.5. The molecule has 0 fully saturated rings. The van der Waals surface area contributed by atoms with E-state index in [0.29, 0.717) is 55.2 Å². The largest absolute Gasteiger partial charge is 0.490 e. The highest BCUT2D eigenvalue weighted by Gasteiger charge is 2.43. The Kier molecular flexibility index (Phi) is 8.48. The summed E-state index contributed by atoms with van der Waals surface area (Å²) in [5.41, 5.74) is 3.79. The SMILES string of the molecule is CCOc1cc(C2C3=C(CCCC3=O)N(CCC(=O)O)C3=C2C(=O)CCC3)cc(Cl)c1OS(=O)(=O)c1ccc(C)cc1. The van der Waals surface area contributed by atoms with Gasteiger partial charge in [0.25, 0.3) is 0 Å². The molecule has 2 aromatic carbocycles. The summed E-state index contributed by atoms with van der Waals surface area (Å²) in [5, 5.41) is 9.35. The van der Waals surface area contributed by atoms with E-state index in [2.05, 4.69) is 0 Å². The van der Waals surface area contributed by atoms with Gasteiger partial charge in [-0.25, -0.2) is 0 Å². The van der Waals surface area contributed by atoms with Crippen LogP contribution in [0.5, 0.6) is 11.5 Å². The van der Waals surface area contributed by atoms with Crippen LogP contribution in [0, 0.1) is 6.92 Å². The van der Waals surface area contributed by atoms with E-state index in [1.807, 2.05) is 11.8 Å². The molecule has 42 heavy (non-hydrogen) atoms. The van der Waals surface area contributed by atoms with E-state index < -0.39 is 22.0 Å². The smallest absolute Gasteiger partial charge is 0.339 e. The Hall–Kier alpha value is -3.63. The van der Waals surface area contributed by atoms with Crippen LogP contribution in [-0.4, -0.2) is 49.1 Å². The predicted molar refractivity (Wildman–Crippen MR) is 155 cm³/mol. The molecule has 1 N–H and O–H groups in total. The summed E-state index contributed by atoms with van der Waals surface area (Å²) >= 11 is 6.70. The molecule has 0 saturated carbocycles. The zero-order valence-corrected chi connectivity index (χ0v) is 25.0. The average molecular weight is 614 g/mol. The van der Waals surface area contributed by atoms with Crippen molar-refractivity contribution >= 4 is 39.3 Å². The number of ether oxygens (including phenoxy) is 1. The molecule has 1 aliphatic heterocycles. The van der Waals surface area contributed by atoms with Crippen LogP contribution >= 0.6 is 11.6 Å². The predicted octanol–water partition coefficient (Wildman–Crippen LogP) is 5.70. The lowest BCUT2D eigenvalue weighted by molar-refractivity contribution is -0.137. The molecular formula is C31H32ClNO8S. The minimum Gasteiger partial charge on any atom is -0.490 e. The molecule has 0 spiro atoms. The number of hydrogen-bond acceptors (Lipinski definition) is 8. The highest BCUT2D eigenvalue weighted by Crippen LogP contribution is 2.51. The van der Waals surface area contributed by atoms with Gasteiger partial charge < -0.3 is 18.9 Å². The molecule has 0 saturated heterocycles. The number of halogens is 1. The van der Waals surface area contributed by atoms with Crippen molar-refractivity contribution < 1.29 is 36.8 Å². The van der Waals surface area contributed by atoms with Gasteiger partial charge in [0, 0.05) is 47.8 Å². The molecule has 9 nitrogen and oxygen atoms in total. The second-order valence-corrected chi connectivity index (χ2v) is 12.6. The topological polar surface area (TPSA) is 127 Å². The van der Waals surface area contributed by atoms with Crippen molar-refractivity contribution in [2.24, 2.45) is 0 Å². The van der Waals surface area contributed by atoms with E-state index in [-0.39, 0.29) is 52.6 Å². The normalized spacial score (nSPS) is 17.7. The number of rotatable bonds is 9. The number of benzene rings is 2. The van der Waals surface area contributed by atoms with Crippen LogP contribution in [0.3, 0.4) is 0 Å². The first-order valence-electron chi connectivity index (χ1n) is 14.0. The Balaban J connectivity index is 1.65. The summed E-state index contributed by atoms with van der Waals surface area (Å²) < 4.78 is 37.6. The summed E-state index contributed by atoms with van der Waals surface area (Å²) in [4.78, 5) is 40.3. The molecule has 0 amide bonds. The quantitative estimate of drug-likeness (QED) is 0.354. The molecule has 0 unspecified atom stereocenters. The second-order valence-electron chi connectivity index (χ2n) is 10.6. The minimum absolute atomic E-state index is 0.0456. The lowest BCUT2D eigenvalue weighted by Crippen LogP contribution is -2.39. The molecule has 0 aromatic heterocycles. The molecule has 0 radical (unpaired) electrons. The maximum Gasteiger partial charge on any atom is 0.339 e. The maximum absolute atomic E-state index is 13.5. The number of carboxylic acid groups (broad SMARTS) is 1. The van der Waals surface area contributed by atoms with Gasteiger partial charge in [0.2, 0.25) is 5.75 Å². The van der Waals surface area contributed by atoms with Gasteiger partial charge in [0.15, 0.2) is 17.3 Å². The molecule has 0 bridgehead atoms. The van der Waals surface area contributed by atoms with Crippen LogP contribution in [-0.2, 0) is 24.5 Å². The van der Waals surface area contributed by atoms with Crippen molar-refractivity contribution in [2.75, 3.05) is 13.2 Å². The molecule has 11 heteroatoms. The van der Waals surface area contributed by atoms with Crippen LogP contribution in [0.2, 0.25) is 5.02 Å². The van der Waals surface area contributed by atoms with Gasteiger partial charge in [-0.15, -0.1) is 0 Å². The van der Waals surface area contributed by atoms with Gasteiger partial charge in [-0.05, 0) is 69.4 Å². The third-order valence-corrected chi connectivity index (χ3v) is 9.32. The number of nitrogens with zero attached hydrogens (tertiary/aromatic N) is 1. The van der Waals surface area contributed by atoms with E-state index in [0.717, 1.165) is 17.0 Å². The van der Waals surface area contributed by atoms with E-state index in [9.17, 15) is 27.9 Å². The lowest BCUT2D eigenvalue weighted by Gasteiger charge is -2.44. The number of carbonyl (C=O) groups excluding carboxylic acids is 2. The zero-order chi connectivity index (χ0) is 30.2. The number of carbonyl (C=O) groups is 3. The Morgan fingerprint density at radius 3 is 2.14 bits per heavy atom. The highest BCUT2D eigenvalue weighted by atomic mass is 35.5. The van der Waals surface area contributed by atoms with Crippen LogP contribution in [0.25, 0.3) is 0 Å². The zero-order valence-electron chi connectivity index (χ0n) is 23.4. The third-order valence-electron chi connectivity index (χ3n) is 7.80. The van der Waals surface area contributed by atoms with Gasteiger partial charge >= 0.3 is 16.1 Å². The molecule has 5 rings (SSSR count). The fourth-order valence-electron chi connectivity index (χ4n) is 5.99. The van der Waals surface area contributed by atoms with Crippen molar-refractivity contribution in [1.29, 1.82) is 0 Å². The Labute approximate surface area is 249 Å². The van der Waals surface area contributed by atoms with Gasteiger partial charge in [-0.1, -0.05) is 29.3 Å². The second kappa shape index (κ2) is 11.9. The average Bonchev–Trinajstić information content (AvgIpc) is 2.93. The first-order chi connectivity index (χ1) is 20.0. The number of allylic oxidation sites excluding steroid dienone is 4. The Bertz CT molecular complexity index is 1580. The van der Waals surface area contributed by atoms with E-state index in [1.165, 1.54) is 18.2 Å². The summed E-state index contributed by atoms with van der Waals surface area (Å²) in [6.45, 7) is 3.91. The van der Waals surface area contributed by atoms with Gasteiger partial charge in [-0.2, -0.15) is 8.42 Å². The fraction of sp³-hybridized carbons (Fsp3) is 0.387. The molecule has 3 aliphatic rings. The van der Waals surface area contributed by atoms with E-state index >= 15 is 0 Å².